The topological polar surface area (TPSA) is 93.2 Å². The first kappa shape index (κ1) is 22.4. The van der Waals surface area contributed by atoms with E-state index in [9.17, 15) is 4.79 Å². The third-order valence-electron chi connectivity index (χ3n) is 3.74. The molecule has 152 valence electrons. The number of hydrogen-bond acceptors (Lipinski definition) is 5. The predicted molar refractivity (Wildman–Crippen MR) is 108 cm³/mol. The van der Waals surface area contributed by atoms with E-state index in [1.807, 2.05) is 18.2 Å². The van der Waals surface area contributed by atoms with E-state index in [0.29, 0.717) is 36.5 Å². The van der Waals surface area contributed by atoms with Gasteiger partial charge in [-0.25, -0.2) is 4.79 Å². The number of nitrogens with zero attached hydrogens (tertiary/aromatic N) is 1. The van der Waals surface area contributed by atoms with Crippen molar-refractivity contribution in [3.8, 4) is 11.5 Å². The van der Waals surface area contributed by atoms with Crippen LogP contribution in [0.4, 0.5) is 10.5 Å². The molecule has 0 bridgehead atoms. The Labute approximate surface area is 161 Å². The smallest absolute Gasteiger partial charge is 0.407 e. The number of hydrogen-bond donors (Lipinski definition) is 3. The fourth-order valence-corrected chi connectivity index (χ4v) is 2.55. The summed E-state index contributed by atoms with van der Waals surface area (Å²) in [5.74, 6) is 2.29. The first-order chi connectivity index (χ1) is 12.9. The summed E-state index contributed by atoms with van der Waals surface area (Å²) < 4.78 is 15.5. The number of carbonyl (C=O) groups is 1. The monoisotopic (exact) mass is 380 g/mol. The zero-order valence-corrected chi connectivity index (χ0v) is 17.1. The van der Waals surface area contributed by atoms with E-state index < -0.39 is 6.09 Å². The van der Waals surface area contributed by atoms with E-state index in [1.165, 1.54) is 0 Å². The molecule has 1 rings (SSSR count). The van der Waals surface area contributed by atoms with Crippen LogP contribution in [-0.4, -0.2) is 52.5 Å². The van der Waals surface area contributed by atoms with Crippen LogP contribution in [0, 0.1) is 5.92 Å². The second-order valence-corrected chi connectivity index (χ2v) is 6.34. The quantitative estimate of drug-likeness (QED) is 0.451. The van der Waals surface area contributed by atoms with Gasteiger partial charge in [-0.05, 0) is 31.4 Å². The molecule has 8 nitrogen and oxygen atoms in total. The lowest BCUT2D eigenvalue weighted by Gasteiger charge is -2.22. The number of nitrogens with one attached hydrogen (secondary N) is 3. The number of rotatable bonds is 9. The minimum atomic E-state index is -0.409. The van der Waals surface area contributed by atoms with Gasteiger partial charge in [-0.15, -0.1) is 0 Å². The van der Waals surface area contributed by atoms with Gasteiger partial charge in [-0.2, -0.15) is 0 Å². The third kappa shape index (κ3) is 8.06. The van der Waals surface area contributed by atoms with Gasteiger partial charge in [0, 0.05) is 31.4 Å². The Balaban J connectivity index is 2.71. The number of alkyl carbamates (subject to hydrolysis) is 1. The van der Waals surface area contributed by atoms with Crippen molar-refractivity contribution in [2.24, 2.45) is 10.9 Å². The van der Waals surface area contributed by atoms with E-state index in [1.54, 1.807) is 28.2 Å². The van der Waals surface area contributed by atoms with Crippen LogP contribution in [0.5, 0.6) is 11.5 Å². The molecular formula is C19H32N4O4. The fraction of sp³-hybridized carbons (Fsp3) is 0.579. The Morgan fingerprint density at radius 2 is 1.89 bits per heavy atom. The van der Waals surface area contributed by atoms with Crippen molar-refractivity contribution in [1.29, 1.82) is 0 Å². The Morgan fingerprint density at radius 3 is 2.44 bits per heavy atom. The summed E-state index contributed by atoms with van der Waals surface area (Å²) in [7, 11) is 4.87. The van der Waals surface area contributed by atoms with Gasteiger partial charge in [0.15, 0.2) is 17.5 Å². The highest BCUT2D eigenvalue weighted by Gasteiger charge is 2.15. The van der Waals surface area contributed by atoms with Crippen molar-refractivity contribution in [2.45, 2.75) is 33.2 Å². The van der Waals surface area contributed by atoms with Crippen LogP contribution in [0.15, 0.2) is 23.2 Å². The number of ether oxygens (including phenoxy) is 3. The molecule has 0 aliphatic rings. The minimum absolute atomic E-state index is 0.0759. The number of amides is 1. The zero-order chi connectivity index (χ0) is 20.2. The van der Waals surface area contributed by atoms with Crippen molar-refractivity contribution in [2.75, 3.05) is 39.7 Å². The maximum atomic E-state index is 11.7. The normalized spacial score (nSPS) is 12.3. The number of anilines is 1. The standard InChI is InChI=1S/C19H32N4O4/c1-7-27-19(24)23-15(10-13(2)3)12-21-18(20-4)22-14-8-9-16(25-5)17(11-14)26-6/h8-9,11,13,15H,7,10,12H2,1-6H3,(H,23,24)(H2,20,21,22). The maximum absolute atomic E-state index is 11.7. The Bertz CT molecular complexity index is 620. The predicted octanol–water partition coefficient (Wildman–Crippen LogP) is 2.85. The van der Waals surface area contributed by atoms with Crippen molar-refractivity contribution in [1.82, 2.24) is 10.6 Å². The molecule has 1 unspecified atom stereocenters. The van der Waals surface area contributed by atoms with Crippen molar-refractivity contribution < 1.29 is 19.0 Å². The van der Waals surface area contributed by atoms with Gasteiger partial charge in [0.25, 0.3) is 0 Å². The van der Waals surface area contributed by atoms with Gasteiger partial charge >= 0.3 is 6.09 Å². The van der Waals surface area contributed by atoms with E-state index in [2.05, 4.69) is 34.8 Å². The molecule has 0 spiro atoms. The summed E-state index contributed by atoms with van der Waals surface area (Å²) in [6.45, 7) is 6.86. The molecular weight excluding hydrogens is 348 g/mol. The van der Waals surface area contributed by atoms with Crippen LogP contribution < -0.4 is 25.4 Å². The lowest BCUT2D eigenvalue weighted by atomic mass is 10.0. The molecule has 1 atom stereocenters. The van der Waals surface area contributed by atoms with Crippen LogP contribution in [0.25, 0.3) is 0 Å². The average Bonchev–Trinajstić information content (AvgIpc) is 2.64. The lowest BCUT2D eigenvalue weighted by Crippen LogP contribution is -2.46. The lowest BCUT2D eigenvalue weighted by molar-refractivity contribution is 0.146. The number of methoxy groups -OCH3 is 2. The van der Waals surface area contributed by atoms with Crippen molar-refractivity contribution in [3.63, 3.8) is 0 Å². The molecule has 1 amide bonds. The number of carbonyl (C=O) groups excluding carboxylic acids is 1. The molecule has 1 aromatic rings. The molecule has 0 radical (unpaired) electrons. The van der Waals surface area contributed by atoms with Gasteiger partial charge in [-0.1, -0.05) is 13.8 Å². The summed E-state index contributed by atoms with van der Waals surface area (Å²) in [5.41, 5.74) is 0.805. The van der Waals surface area contributed by atoms with Crippen LogP contribution >= 0.6 is 0 Å². The summed E-state index contributed by atoms with van der Waals surface area (Å²) in [4.78, 5) is 16.0. The Hall–Kier alpha value is -2.64. The Kier molecular flexibility index (Phi) is 9.85. The van der Waals surface area contributed by atoms with Crippen LogP contribution in [0.1, 0.15) is 27.2 Å². The summed E-state index contributed by atoms with van der Waals surface area (Å²) >= 11 is 0. The number of benzene rings is 1. The van der Waals surface area contributed by atoms with Gasteiger partial charge in [0.2, 0.25) is 0 Å². The first-order valence-electron chi connectivity index (χ1n) is 9.06. The largest absolute Gasteiger partial charge is 0.493 e. The third-order valence-corrected chi connectivity index (χ3v) is 3.74. The van der Waals surface area contributed by atoms with Crippen LogP contribution in [0.2, 0.25) is 0 Å². The van der Waals surface area contributed by atoms with E-state index in [-0.39, 0.29) is 6.04 Å². The van der Waals surface area contributed by atoms with Crippen LogP contribution in [0.3, 0.4) is 0 Å². The highest BCUT2D eigenvalue weighted by molar-refractivity contribution is 5.93. The van der Waals surface area contributed by atoms with Gasteiger partial charge in [-0.3, -0.25) is 4.99 Å². The summed E-state index contributed by atoms with van der Waals surface area (Å²) in [6, 6.07) is 5.44. The van der Waals surface area contributed by atoms with Gasteiger partial charge in [0.1, 0.15) is 0 Å². The first-order valence-corrected chi connectivity index (χ1v) is 9.06. The highest BCUT2D eigenvalue weighted by atomic mass is 16.5. The van der Waals surface area contributed by atoms with Gasteiger partial charge < -0.3 is 30.2 Å². The molecule has 3 N–H and O–H groups in total. The Morgan fingerprint density at radius 1 is 1.19 bits per heavy atom. The molecule has 0 saturated carbocycles. The van der Waals surface area contributed by atoms with Crippen molar-refractivity contribution in [3.05, 3.63) is 18.2 Å². The maximum Gasteiger partial charge on any atom is 0.407 e. The fourth-order valence-electron chi connectivity index (χ4n) is 2.55. The molecule has 0 saturated heterocycles. The minimum Gasteiger partial charge on any atom is -0.493 e. The molecule has 0 aromatic heterocycles. The molecule has 0 aliphatic heterocycles. The number of aliphatic imine (C=N–C) groups is 1. The molecule has 27 heavy (non-hydrogen) atoms. The zero-order valence-electron chi connectivity index (χ0n) is 17.1. The molecule has 0 heterocycles. The highest BCUT2D eigenvalue weighted by Crippen LogP contribution is 2.29. The summed E-state index contributed by atoms with van der Waals surface area (Å²) in [5, 5.41) is 9.32. The second-order valence-electron chi connectivity index (χ2n) is 6.34. The van der Waals surface area contributed by atoms with Crippen molar-refractivity contribution >= 4 is 17.7 Å². The average molecular weight is 380 g/mol. The van der Waals surface area contributed by atoms with E-state index in [0.717, 1.165) is 12.1 Å². The van der Waals surface area contributed by atoms with Gasteiger partial charge in [0.05, 0.1) is 20.8 Å². The molecule has 0 aliphatic carbocycles. The molecule has 8 heteroatoms. The number of guanidine groups is 1. The SMILES string of the molecule is CCOC(=O)NC(CNC(=NC)Nc1ccc(OC)c(OC)c1)CC(C)C. The molecule has 1 aromatic carbocycles. The second kappa shape index (κ2) is 11.9. The van der Waals surface area contributed by atoms with E-state index in [4.69, 9.17) is 14.2 Å². The van der Waals surface area contributed by atoms with Crippen LogP contribution in [-0.2, 0) is 4.74 Å². The summed E-state index contributed by atoms with van der Waals surface area (Å²) in [6.07, 6.45) is 0.409. The molecule has 0 fully saturated rings. The van der Waals surface area contributed by atoms with E-state index >= 15 is 0 Å².